The van der Waals surface area contributed by atoms with Crippen molar-refractivity contribution in [3.8, 4) is 0 Å². The van der Waals surface area contributed by atoms with E-state index in [0.29, 0.717) is 5.56 Å². The predicted molar refractivity (Wildman–Crippen MR) is 85.8 cm³/mol. The lowest BCUT2D eigenvalue weighted by atomic mass is 10.2. The second-order valence-corrected chi connectivity index (χ2v) is 5.55. The van der Waals surface area contributed by atoms with Crippen LogP contribution in [0.25, 0.3) is 0 Å². The van der Waals surface area contributed by atoms with Crippen LogP contribution in [0.2, 0.25) is 0 Å². The summed E-state index contributed by atoms with van der Waals surface area (Å²) in [7, 11) is 0. The Morgan fingerprint density at radius 3 is 2.73 bits per heavy atom. The van der Waals surface area contributed by atoms with E-state index in [-0.39, 0.29) is 11.9 Å². The number of rotatable bonds is 4. The second-order valence-electron chi connectivity index (χ2n) is 5.55. The van der Waals surface area contributed by atoms with Crippen molar-refractivity contribution in [1.82, 2.24) is 15.3 Å². The largest absolute Gasteiger partial charge is 0.357 e. The number of pyridine rings is 2. The van der Waals surface area contributed by atoms with Crippen LogP contribution >= 0.6 is 0 Å². The van der Waals surface area contributed by atoms with Crippen LogP contribution in [-0.2, 0) is 0 Å². The number of aromatic nitrogens is 2. The Balaban J connectivity index is 1.71. The van der Waals surface area contributed by atoms with E-state index in [1.807, 2.05) is 31.2 Å². The Kier molecular flexibility index (Phi) is 4.32. The van der Waals surface area contributed by atoms with Crippen LogP contribution in [0.15, 0.2) is 42.7 Å². The van der Waals surface area contributed by atoms with Crippen molar-refractivity contribution in [1.29, 1.82) is 0 Å². The molecule has 5 heteroatoms. The summed E-state index contributed by atoms with van der Waals surface area (Å²) in [6.45, 7) is 3.97. The molecule has 0 bridgehead atoms. The second kappa shape index (κ2) is 6.56. The van der Waals surface area contributed by atoms with Gasteiger partial charge in [-0.15, -0.1) is 0 Å². The van der Waals surface area contributed by atoms with Gasteiger partial charge in [-0.2, -0.15) is 0 Å². The van der Waals surface area contributed by atoms with Crippen molar-refractivity contribution < 1.29 is 4.79 Å². The van der Waals surface area contributed by atoms with Gasteiger partial charge in [-0.1, -0.05) is 6.07 Å². The average molecular weight is 296 g/mol. The molecule has 1 amide bonds. The number of amides is 1. The first-order valence-corrected chi connectivity index (χ1v) is 7.67. The third kappa shape index (κ3) is 3.24. The minimum absolute atomic E-state index is 0.0963. The lowest BCUT2D eigenvalue weighted by molar-refractivity contribution is 0.0939. The number of nitrogens with zero attached hydrogens (tertiary/aromatic N) is 3. The summed E-state index contributed by atoms with van der Waals surface area (Å²) >= 11 is 0. The molecule has 0 spiro atoms. The van der Waals surface area contributed by atoms with Crippen molar-refractivity contribution in [2.75, 3.05) is 18.0 Å². The van der Waals surface area contributed by atoms with Crippen molar-refractivity contribution in [3.05, 3.63) is 54.0 Å². The van der Waals surface area contributed by atoms with Crippen LogP contribution in [0.3, 0.4) is 0 Å². The van der Waals surface area contributed by atoms with Crippen molar-refractivity contribution in [2.45, 2.75) is 25.8 Å². The molecular weight excluding hydrogens is 276 g/mol. The van der Waals surface area contributed by atoms with Crippen molar-refractivity contribution in [2.24, 2.45) is 0 Å². The third-order valence-corrected chi connectivity index (χ3v) is 3.92. The van der Waals surface area contributed by atoms with Crippen LogP contribution in [0, 0.1) is 0 Å². The van der Waals surface area contributed by atoms with E-state index in [4.69, 9.17) is 0 Å². The van der Waals surface area contributed by atoms with Crippen molar-refractivity contribution in [3.63, 3.8) is 0 Å². The van der Waals surface area contributed by atoms with Crippen LogP contribution in [0.4, 0.5) is 5.82 Å². The summed E-state index contributed by atoms with van der Waals surface area (Å²) < 4.78 is 0. The van der Waals surface area contributed by atoms with Gasteiger partial charge in [0.2, 0.25) is 0 Å². The lowest BCUT2D eigenvalue weighted by Gasteiger charge is -2.17. The monoisotopic (exact) mass is 296 g/mol. The fraction of sp³-hybridized carbons (Fsp3) is 0.353. The Morgan fingerprint density at radius 2 is 2.00 bits per heavy atom. The lowest BCUT2D eigenvalue weighted by Crippen LogP contribution is -2.27. The molecule has 1 aliphatic heterocycles. The summed E-state index contributed by atoms with van der Waals surface area (Å²) in [5.41, 5.74) is 1.49. The SMILES string of the molecule is C[C@@H](NC(=O)c1ccnc(N2CCCC2)c1)c1ccccn1. The van der Waals surface area contributed by atoms with Gasteiger partial charge < -0.3 is 10.2 Å². The fourth-order valence-electron chi connectivity index (χ4n) is 2.66. The third-order valence-electron chi connectivity index (χ3n) is 3.92. The molecule has 0 unspecified atom stereocenters. The highest BCUT2D eigenvalue weighted by Crippen LogP contribution is 2.19. The zero-order valence-corrected chi connectivity index (χ0v) is 12.7. The molecule has 0 aromatic carbocycles. The first-order valence-electron chi connectivity index (χ1n) is 7.67. The Labute approximate surface area is 130 Å². The van der Waals surface area contributed by atoms with Gasteiger partial charge in [0, 0.05) is 31.0 Å². The van der Waals surface area contributed by atoms with Crippen LogP contribution in [0.1, 0.15) is 41.9 Å². The summed E-state index contributed by atoms with van der Waals surface area (Å²) in [6, 6.07) is 9.18. The average Bonchev–Trinajstić information content (AvgIpc) is 3.10. The highest BCUT2D eigenvalue weighted by atomic mass is 16.1. The molecule has 22 heavy (non-hydrogen) atoms. The van der Waals surface area contributed by atoms with Gasteiger partial charge in [-0.05, 0) is 44.0 Å². The molecule has 1 fully saturated rings. The Bertz CT molecular complexity index is 638. The van der Waals surface area contributed by atoms with Gasteiger partial charge in [0.05, 0.1) is 11.7 Å². The molecule has 2 aromatic rings. The molecule has 1 aliphatic rings. The zero-order valence-electron chi connectivity index (χ0n) is 12.7. The number of anilines is 1. The first kappa shape index (κ1) is 14.5. The molecule has 114 valence electrons. The van der Waals surface area contributed by atoms with Crippen LogP contribution < -0.4 is 10.2 Å². The van der Waals surface area contributed by atoms with E-state index < -0.39 is 0 Å². The minimum atomic E-state index is -0.128. The molecule has 3 heterocycles. The topological polar surface area (TPSA) is 58.1 Å². The van der Waals surface area contributed by atoms with Gasteiger partial charge in [-0.25, -0.2) is 4.98 Å². The zero-order chi connectivity index (χ0) is 15.4. The standard InChI is InChI=1S/C17H20N4O/c1-13(15-6-2-3-8-18-15)20-17(22)14-7-9-19-16(12-14)21-10-4-5-11-21/h2-3,6-9,12-13H,4-5,10-11H2,1H3,(H,20,22)/t13-/m1/s1. The molecule has 0 radical (unpaired) electrons. The Morgan fingerprint density at radius 1 is 1.18 bits per heavy atom. The smallest absolute Gasteiger partial charge is 0.251 e. The molecule has 1 N–H and O–H groups in total. The molecule has 1 atom stereocenters. The van der Waals surface area contributed by atoms with E-state index in [1.165, 1.54) is 12.8 Å². The van der Waals surface area contributed by atoms with Crippen molar-refractivity contribution >= 4 is 11.7 Å². The summed E-state index contributed by atoms with van der Waals surface area (Å²) in [6.07, 6.45) is 5.81. The number of nitrogens with one attached hydrogen (secondary N) is 1. The molecule has 5 nitrogen and oxygen atoms in total. The molecule has 0 saturated carbocycles. The molecule has 0 aliphatic carbocycles. The molecular formula is C17H20N4O. The summed E-state index contributed by atoms with van der Waals surface area (Å²) in [4.78, 5) is 23.3. The highest BCUT2D eigenvalue weighted by molar-refractivity contribution is 5.95. The van der Waals surface area contributed by atoms with E-state index in [1.54, 1.807) is 18.5 Å². The maximum absolute atomic E-state index is 12.4. The normalized spacial score (nSPS) is 15.6. The number of hydrogen-bond donors (Lipinski definition) is 1. The van der Waals surface area contributed by atoms with Gasteiger partial charge in [0.25, 0.3) is 5.91 Å². The maximum Gasteiger partial charge on any atom is 0.251 e. The molecule has 1 saturated heterocycles. The number of carbonyl (C=O) groups excluding carboxylic acids is 1. The van der Waals surface area contributed by atoms with E-state index in [9.17, 15) is 4.79 Å². The number of carbonyl (C=O) groups is 1. The first-order chi connectivity index (χ1) is 10.7. The van der Waals surface area contributed by atoms with E-state index in [2.05, 4.69) is 20.2 Å². The molecule has 2 aromatic heterocycles. The maximum atomic E-state index is 12.4. The van der Waals surface area contributed by atoms with Gasteiger partial charge >= 0.3 is 0 Å². The quantitative estimate of drug-likeness (QED) is 0.942. The van der Waals surface area contributed by atoms with Crippen LogP contribution in [-0.4, -0.2) is 29.0 Å². The minimum Gasteiger partial charge on any atom is -0.357 e. The van der Waals surface area contributed by atoms with E-state index in [0.717, 1.165) is 24.6 Å². The predicted octanol–water partition coefficient (Wildman–Crippen LogP) is 2.57. The van der Waals surface area contributed by atoms with Gasteiger partial charge in [0.1, 0.15) is 5.82 Å². The highest BCUT2D eigenvalue weighted by Gasteiger charge is 2.16. The number of hydrogen-bond acceptors (Lipinski definition) is 4. The van der Waals surface area contributed by atoms with E-state index >= 15 is 0 Å². The summed E-state index contributed by atoms with van der Waals surface area (Å²) in [5, 5.41) is 2.98. The van der Waals surface area contributed by atoms with Gasteiger partial charge in [0.15, 0.2) is 0 Å². The fourth-order valence-corrected chi connectivity index (χ4v) is 2.66. The Hall–Kier alpha value is -2.43. The van der Waals surface area contributed by atoms with Gasteiger partial charge in [-0.3, -0.25) is 9.78 Å². The summed E-state index contributed by atoms with van der Waals surface area (Å²) in [5.74, 6) is 0.789. The van der Waals surface area contributed by atoms with Crippen LogP contribution in [0.5, 0.6) is 0 Å². The molecule has 3 rings (SSSR count).